The first-order valence-corrected chi connectivity index (χ1v) is 13.8. The highest BCUT2D eigenvalue weighted by Gasteiger charge is 2.32. The lowest BCUT2D eigenvalue weighted by atomic mass is 10.0. The largest absolute Gasteiger partial charge is 0.494 e. The van der Waals surface area contributed by atoms with Crippen LogP contribution in [0.2, 0.25) is 0 Å². The Bertz CT molecular complexity index is 1410. The van der Waals surface area contributed by atoms with E-state index in [0.717, 1.165) is 48.0 Å². The molecule has 0 radical (unpaired) electrons. The summed E-state index contributed by atoms with van der Waals surface area (Å²) in [6.45, 7) is 7.85. The molecule has 0 unspecified atom stereocenters. The molecule has 2 saturated heterocycles. The van der Waals surface area contributed by atoms with E-state index in [0.29, 0.717) is 23.1 Å². The SMILES string of the molecule is CCOc1ccc(N2C(=O)/C(=C/c3cn(CC(=O)N4CCCC[C@@H]4C)c4c(CC)cccc34)NC2=S)cc1. The minimum atomic E-state index is -0.218. The summed E-state index contributed by atoms with van der Waals surface area (Å²) in [7, 11) is 0. The quantitative estimate of drug-likeness (QED) is 0.333. The number of amides is 2. The molecule has 1 aromatic heterocycles. The lowest BCUT2D eigenvalue weighted by Gasteiger charge is -2.33. The Balaban J connectivity index is 1.47. The van der Waals surface area contributed by atoms with E-state index in [1.165, 1.54) is 16.9 Å². The van der Waals surface area contributed by atoms with E-state index in [1.54, 1.807) is 0 Å². The number of nitrogens with one attached hydrogen (secondary N) is 1. The zero-order valence-corrected chi connectivity index (χ0v) is 23.0. The maximum Gasteiger partial charge on any atom is 0.281 e. The molecule has 0 aliphatic carbocycles. The minimum Gasteiger partial charge on any atom is -0.494 e. The molecule has 3 heterocycles. The summed E-state index contributed by atoms with van der Waals surface area (Å²) in [5.41, 5.74) is 4.17. The normalized spacial score (nSPS) is 18.9. The van der Waals surface area contributed by atoms with Gasteiger partial charge in [0.15, 0.2) is 5.11 Å². The number of hydrogen-bond donors (Lipinski definition) is 1. The highest BCUT2D eigenvalue weighted by molar-refractivity contribution is 7.80. The summed E-state index contributed by atoms with van der Waals surface area (Å²) in [5.74, 6) is 0.660. The minimum absolute atomic E-state index is 0.136. The Labute approximate surface area is 229 Å². The third-order valence-corrected chi connectivity index (χ3v) is 7.69. The average Bonchev–Trinajstić information content (AvgIpc) is 3.40. The molecule has 2 aliphatic rings. The van der Waals surface area contributed by atoms with Crippen LogP contribution >= 0.6 is 12.2 Å². The molecule has 2 amide bonds. The zero-order chi connectivity index (χ0) is 26.8. The van der Waals surface area contributed by atoms with Gasteiger partial charge in [0.2, 0.25) is 5.91 Å². The van der Waals surface area contributed by atoms with E-state index < -0.39 is 0 Å². The predicted molar refractivity (Wildman–Crippen MR) is 155 cm³/mol. The summed E-state index contributed by atoms with van der Waals surface area (Å²) >= 11 is 5.52. The number of aromatic nitrogens is 1. The van der Waals surface area contributed by atoms with Crippen molar-refractivity contribution in [2.45, 2.75) is 59.0 Å². The van der Waals surface area contributed by atoms with Gasteiger partial charge in [-0.1, -0.05) is 25.1 Å². The molecule has 3 aromatic rings. The van der Waals surface area contributed by atoms with Crippen molar-refractivity contribution in [1.82, 2.24) is 14.8 Å². The molecule has 7 nitrogen and oxygen atoms in total. The molecule has 2 aliphatic heterocycles. The van der Waals surface area contributed by atoms with Crippen LogP contribution in [0.4, 0.5) is 5.69 Å². The summed E-state index contributed by atoms with van der Waals surface area (Å²) in [4.78, 5) is 30.3. The van der Waals surface area contributed by atoms with Gasteiger partial charge in [-0.15, -0.1) is 0 Å². The standard InChI is InChI=1S/C30H34N4O3S/c1-4-21-10-8-11-25-22(18-32(28(21)25)19-27(35)33-16-7-6-9-20(33)3)17-26-29(36)34(30(38)31-26)23-12-14-24(15-13-23)37-5-2/h8,10-15,17-18,20H,4-7,9,16,19H2,1-3H3,(H,31,38)/b26-17-/t20-/m0/s1. The Morgan fingerprint density at radius 1 is 1.16 bits per heavy atom. The molecule has 8 heteroatoms. The van der Waals surface area contributed by atoms with E-state index >= 15 is 0 Å². The van der Waals surface area contributed by atoms with Crippen LogP contribution in [0, 0.1) is 0 Å². The van der Waals surface area contributed by atoms with Crippen LogP contribution in [0.25, 0.3) is 17.0 Å². The van der Waals surface area contributed by atoms with Crippen LogP contribution < -0.4 is 15.0 Å². The van der Waals surface area contributed by atoms with Crippen molar-refractivity contribution >= 4 is 51.8 Å². The first kappa shape index (κ1) is 26.0. The highest BCUT2D eigenvalue weighted by atomic mass is 32.1. The van der Waals surface area contributed by atoms with Gasteiger partial charge in [-0.05, 0) is 87.7 Å². The molecule has 0 spiro atoms. The number of para-hydroxylation sites is 1. The molecule has 198 valence electrons. The van der Waals surface area contributed by atoms with Crippen molar-refractivity contribution in [3.8, 4) is 5.75 Å². The fourth-order valence-corrected chi connectivity index (χ4v) is 5.78. The molecule has 1 atom stereocenters. The second-order valence-corrected chi connectivity index (χ2v) is 10.3. The number of benzene rings is 2. The van der Waals surface area contributed by atoms with E-state index in [2.05, 4.69) is 25.2 Å². The van der Waals surface area contributed by atoms with Crippen LogP contribution in [0.5, 0.6) is 5.75 Å². The molecule has 38 heavy (non-hydrogen) atoms. The number of anilines is 1. The number of aryl methyl sites for hydroxylation is 1. The van der Waals surface area contributed by atoms with E-state index in [-0.39, 0.29) is 24.4 Å². The average molecular weight is 531 g/mol. The number of carbonyl (C=O) groups is 2. The molecule has 2 fully saturated rings. The number of likely N-dealkylation sites (tertiary alicyclic amines) is 1. The second kappa shape index (κ2) is 11.0. The van der Waals surface area contributed by atoms with Crippen molar-refractivity contribution in [2.75, 3.05) is 18.1 Å². The first-order valence-electron chi connectivity index (χ1n) is 13.4. The molecule has 0 saturated carbocycles. The van der Waals surface area contributed by atoms with E-state index in [1.807, 2.05) is 65.1 Å². The predicted octanol–water partition coefficient (Wildman–Crippen LogP) is 5.27. The maximum absolute atomic E-state index is 13.4. The second-order valence-electron chi connectivity index (χ2n) is 9.87. The number of carbonyl (C=O) groups excluding carboxylic acids is 2. The van der Waals surface area contributed by atoms with Gasteiger partial charge >= 0.3 is 0 Å². The summed E-state index contributed by atoms with van der Waals surface area (Å²) < 4.78 is 7.57. The Morgan fingerprint density at radius 3 is 2.66 bits per heavy atom. The van der Waals surface area contributed by atoms with Gasteiger partial charge in [0.25, 0.3) is 5.91 Å². The van der Waals surface area contributed by atoms with Crippen LogP contribution in [0.3, 0.4) is 0 Å². The zero-order valence-electron chi connectivity index (χ0n) is 22.2. The topological polar surface area (TPSA) is 66.8 Å². The Kier molecular flexibility index (Phi) is 7.51. The smallest absolute Gasteiger partial charge is 0.281 e. The van der Waals surface area contributed by atoms with Gasteiger partial charge in [0.1, 0.15) is 18.0 Å². The summed E-state index contributed by atoms with van der Waals surface area (Å²) in [6.07, 6.45) is 7.95. The molecule has 1 N–H and O–H groups in total. The molecule has 5 rings (SSSR count). The van der Waals surface area contributed by atoms with E-state index in [9.17, 15) is 9.59 Å². The van der Waals surface area contributed by atoms with Crippen LogP contribution in [0.1, 0.15) is 51.2 Å². The van der Waals surface area contributed by atoms with Crippen molar-refractivity contribution in [3.05, 3.63) is 65.5 Å². The molecular weight excluding hydrogens is 496 g/mol. The van der Waals surface area contributed by atoms with Gasteiger partial charge < -0.3 is 19.5 Å². The highest BCUT2D eigenvalue weighted by Crippen LogP contribution is 2.30. The number of ether oxygens (including phenoxy) is 1. The van der Waals surface area contributed by atoms with Crippen molar-refractivity contribution in [1.29, 1.82) is 0 Å². The number of nitrogens with zero attached hydrogens (tertiary/aromatic N) is 3. The summed E-state index contributed by atoms with van der Waals surface area (Å²) in [6, 6.07) is 13.8. The Hall–Kier alpha value is -3.65. The van der Waals surface area contributed by atoms with Crippen LogP contribution in [0.15, 0.2) is 54.4 Å². The molecular formula is C30H34N4O3S. The van der Waals surface area contributed by atoms with Crippen LogP contribution in [-0.2, 0) is 22.6 Å². The van der Waals surface area contributed by atoms with Gasteiger partial charge in [0.05, 0.1) is 17.8 Å². The lowest BCUT2D eigenvalue weighted by molar-refractivity contribution is -0.135. The number of fused-ring (bicyclic) bond motifs is 1. The monoisotopic (exact) mass is 530 g/mol. The fourth-order valence-electron chi connectivity index (χ4n) is 5.48. The van der Waals surface area contributed by atoms with Gasteiger partial charge in [-0.3, -0.25) is 14.5 Å². The van der Waals surface area contributed by atoms with Gasteiger partial charge in [0, 0.05) is 29.7 Å². The number of thiocarbonyl (C=S) groups is 1. The molecule has 2 aromatic carbocycles. The number of piperidine rings is 1. The van der Waals surface area contributed by atoms with Crippen molar-refractivity contribution in [2.24, 2.45) is 0 Å². The third kappa shape index (κ3) is 4.92. The van der Waals surface area contributed by atoms with Crippen molar-refractivity contribution in [3.63, 3.8) is 0 Å². The third-order valence-electron chi connectivity index (χ3n) is 7.41. The number of hydrogen-bond acceptors (Lipinski definition) is 4. The van der Waals surface area contributed by atoms with Crippen LogP contribution in [-0.4, -0.2) is 45.6 Å². The molecule has 0 bridgehead atoms. The summed E-state index contributed by atoms with van der Waals surface area (Å²) in [5, 5.41) is 4.44. The van der Waals surface area contributed by atoms with Gasteiger partial charge in [-0.2, -0.15) is 0 Å². The van der Waals surface area contributed by atoms with Gasteiger partial charge in [-0.25, -0.2) is 0 Å². The first-order chi connectivity index (χ1) is 18.4. The fraction of sp³-hybridized carbons (Fsp3) is 0.367. The Morgan fingerprint density at radius 2 is 1.95 bits per heavy atom. The number of rotatable bonds is 7. The van der Waals surface area contributed by atoms with E-state index in [4.69, 9.17) is 17.0 Å². The van der Waals surface area contributed by atoms with Crippen molar-refractivity contribution < 1.29 is 14.3 Å². The maximum atomic E-state index is 13.4. The lowest BCUT2D eigenvalue weighted by Crippen LogP contribution is -2.43.